The van der Waals surface area contributed by atoms with E-state index in [0.717, 1.165) is 29.7 Å². The SMILES string of the molecule is CCC1(C)Cc2ccccc2-c2[nH]c(=S)n(C)c(=O)c21. The van der Waals surface area contributed by atoms with Gasteiger partial charge in [0.1, 0.15) is 0 Å². The van der Waals surface area contributed by atoms with E-state index >= 15 is 0 Å². The second-order valence-corrected chi connectivity index (χ2v) is 6.18. The Morgan fingerprint density at radius 2 is 2.10 bits per heavy atom. The van der Waals surface area contributed by atoms with Gasteiger partial charge < -0.3 is 4.98 Å². The first-order valence-corrected chi connectivity index (χ1v) is 7.31. The van der Waals surface area contributed by atoms with Gasteiger partial charge in [-0.15, -0.1) is 0 Å². The molecule has 0 radical (unpaired) electrons. The summed E-state index contributed by atoms with van der Waals surface area (Å²) in [6, 6.07) is 8.26. The second kappa shape index (κ2) is 4.42. The van der Waals surface area contributed by atoms with Crippen molar-refractivity contribution in [2.45, 2.75) is 32.1 Å². The van der Waals surface area contributed by atoms with Gasteiger partial charge in [-0.3, -0.25) is 9.36 Å². The van der Waals surface area contributed by atoms with E-state index in [9.17, 15) is 4.79 Å². The Hall–Kier alpha value is -1.68. The van der Waals surface area contributed by atoms with Gasteiger partial charge in [-0.25, -0.2) is 0 Å². The average Bonchev–Trinajstić information content (AvgIpc) is 2.44. The van der Waals surface area contributed by atoms with Crippen LogP contribution in [-0.2, 0) is 18.9 Å². The Balaban J connectivity index is 2.48. The number of nitrogens with zero attached hydrogens (tertiary/aromatic N) is 1. The summed E-state index contributed by atoms with van der Waals surface area (Å²) in [4.78, 5) is 16.0. The summed E-state index contributed by atoms with van der Waals surface area (Å²) in [5.74, 6) is 0. The maximum atomic E-state index is 12.7. The van der Waals surface area contributed by atoms with Crippen LogP contribution < -0.4 is 5.56 Å². The van der Waals surface area contributed by atoms with Crippen LogP contribution in [0.5, 0.6) is 0 Å². The zero-order valence-electron chi connectivity index (χ0n) is 12.0. The van der Waals surface area contributed by atoms with Gasteiger partial charge in [0.2, 0.25) is 0 Å². The van der Waals surface area contributed by atoms with E-state index in [1.807, 2.05) is 6.07 Å². The topological polar surface area (TPSA) is 37.8 Å². The number of fused-ring (bicyclic) bond motifs is 3. The van der Waals surface area contributed by atoms with Crippen LogP contribution in [0.4, 0.5) is 0 Å². The van der Waals surface area contributed by atoms with Crippen LogP contribution >= 0.6 is 12.2 Å². The van der Waals surface area contributed by atoms with Crippen molar-refractivity contribution in [1.29, 1.82) is 0 Å². The summed E-state index contributed by atoms with van der Waals surface area (Å²) in [5, 5.41) is 0. The molecule has 0 spiro atoms. The molecule has 3 rings (SSSR count). The maximum absolute atomic E-state index is 12.7. The van der Waals surface area contributed by atoms with Crippen molar-refractivity contribution in [1.82, 2.24) is 9.55 Å². The molecule has 0 fully saturated rings. The van der Waals surface area contributed by atoms with Crippen LogP contribution in [0.3, 0.4) is 0 Å². The number of aromatic amines is 1. The van der Waals surface area contributed by atoms with E-state index in [0.29, 0.717) is 4.77 Å². The molecule has 1 aromatic carbocycles. The molecule has 1 N–H and O–H groups in total. The minimum absolute atomic E-state index is 0.0302. The van der Waals surface area contributed by atoms with Gasteiger partial charge in [-0.2, -0.15) is 0 Å². The van der Waals surface area contributed by atoms with Gasteiger partial charge >= 0.3 is 0 Å². The molecule has 2 aromatic rings. The quantitative estimate of drug-likeness (QED) is 0.817. The first kappa shape index (κ1) is 13.3. The molecule has 1 unspecified atom stereocenters. The third-order valence-corrected chi connectivity index (χ3v) is 4.93. The number of H-pyrrole nitrogens is 1. The summed E-state index contributed by atoms with van der Waals surface area (Å²) in [6.45, 7) is 4.30. The fourth-order valence-electron chi connectivity index (χ4n) is 3.11. The largest absolute Gasteiger partial charge is 0.331 e. The number of rotatable bonds is 1. The van der Waals surface area contributed by atoms with E-state index < -0.39 is 0 Å². The number of benzene rings is 1. The Bertz CT molecular complexity index is 803. The van der Waals surface area contributed by atoms with E-state index in [1.54, 1.807) is 7.05 Å². The highest BCUT2D eigenvalue weighted by Gasteiger charge is 2.36. The van der Waals surface area contributed by atoms with Gasteiger partial charge in [0.25, 0.3) is 5.56 Å². The van der Waals surface area contributed by atoms with Crippen molar-refractivity contribution >= 4 is 12.2 Å². The summed E-state index contributed by atoms with van der Waals surface area (Å²) in [6.07, 6.45) is 1.82. The molecule has 1 aliphatic rings. The molecule has 1 aromatic heterocycles. The van der Waals surface area contributed by atoms with E-state index in [-0.39, 0.29) is 11.0 Å². The van der Waals surface area contributed by atoms with Crippen LogP contribution in [0.25, 0.3) is 11.3 Å². The van der Waals surface area contributed by atoms with Crippen LogP contribution in [0.15, 0.2) is 29.1 Å². The summed E-state index contributed by atoms with van der Waals surface area (Å²) in [5.41, 5.74) is 4.06. The lowest BCUT2D eigenvalue weighted by atomic mass is 9.69. The fourth-order valence-corrected chi connectivity index (χ4v) is 3.30. The molecule has 0 amide bonds. The third-order valence-electron chi connectivity index (χ3n) is 4.56. The van der Waals surface area contributed by atoms with Crippen molar-refractivity contribution in [3.63, 3.8) is 0 Å². The summed E-state index contributed by atoms with van der Waals surface area (Å²) in [7, 11) is 1.73. The van der Waals surface area contributed by atoms with Crippen molar-refractivity contribution in [3.05, 3.63) is 50.5 Å². The highest BCUT2D eigenvalue weighted by Crippen LogP contribution is 2.41. The van der Waals surface area contributed by atoms with E-state index in [2.05, 4.69) is 37.0 Å². The van der Waals surface area contributed by atoms with Crippen LogP contribution in [0.1, 0.15) is 31.4 Å². The van der Waals surface area contributed by atoms with Gasteiger partial charge in [0.15, 0.2) is 4.77 Å². The Kier molecular flexibility index (Phi) is 2.94. The standard InChI is InChI=1S/C16H18N2OS/c1-4-16(2)9-10-7-5-6-8-11(10)13-12(16)14(19)18(3)15(20)17-13/h5-8H,4,9H2,1-3H3,(H,17,20). The van der Waals surface area contributed by atoms with Crippen molar-refractivity contribution in [2.24, 2.45) is 7.05 Å². The second-order valence-electron chi connectivity index (χ2n) is 5.79. The molecule has 0 saturated carbocycles. The zero-order valence-corrected chi connectivity index (χ0v) is 12.8. The first-order valence-electron chi connectivity index (χ1n) is 6.90. The lowest BCUT2D eigenvalue weighted by molar-refractivity contribution is 0.436. The van der Waals surface area contributed by atoms with Crippen molar-refractivity contribution < 1.29 is 0 Å². The summed E-state index contributed by atoms with van der Waals surface area (Å²) >= 11 is 5.27. The lowest BCUT2D eigenvalue weighted by Gasteiger charge is -2.35. The minimum atomic E-state index is -0.141. The molecule has 0 saturated heterocycles. The molecule has 0 aliphatic heterocycles. The molecule has 3 nitrogen and oxygen atoms in total. The molecule has 1 heterocycles. The van der Waals surface area contributed by atoms with Gasteiger partial charge in [0.05, 0.1) is 5.69 Å². The summed E-state index contributed by atoms with van der Waals surface area (Å²) < 4.78 is 2.01. The molecule has 1 atom stereocenters. The molecule has 20 heavy (non-hydrogen) atoms. The Labute approximate surface area is 123 Å². The monoisotopic (exact) mass is 286 g/mol. The molecule has 1 aliphatic carbocycles. The van der Waals surface area contributed by atoms with Crippen molar-refractivity contribution in [2.75, 3.05) is 0 Å². The zero-order chi connectivity index (χ0) is 14.5. The van der Waals surface area contributed by atoms with Gasteiger partial charge in [0, 0.05) is 23.6 Å². The highest BCUT2D eigenvalue weighted by atomic mass is 32.1. The molecule has 104 valence electrons. The van der Waals surface area contributed by atoms with E-state index in [4.69, 9.17) is 12.2 Å². The van der Waals surface area contributed by atoms with Crippen molar-refractivity contribution in [3.8, 4) is 11.3 Å². The van der Waals surface area contributed by atoms with Gasteiger partial charge in [-0.1, -0.05) is 38.1 Å². The molecular weight excluding hydrogens is 268 g/mol. The third kappa shape index (κ3) is 1.71. The first-order chi connectivity index (χ1) is 9.48. The fraction of sp³-hybridized carbons (Fsp3) is 0.375. The average molecular weight is 286 g/mol. The minimum Gasteiger partial charge on any atom is -0.331 e. The molecule has 0 bridgehead atoms. The van der Waals surface area contributed by atoms with Crippen LogP contribution in [0, 0.1) is 4.77 Å². The van der Waals surface area contributed by atoms with Gasteiger partial charge in [-0.05, 0) is 30.6 Å². The van der Waals surface area contributed by atoms with Crippen LogP contribution in [0.2, 0.25) is 0 Å². The maximum Gasteiger partial charge on any atom is 0.258 e. The van der Waals surface area contributed by atoms with Crippen LogP contribution in [-0.4, -0.2) is 9.55 Å². The Morgan fingerprint density at radius 1 is 1.40 bits per heavy atom. The predicted molar refractivity (Wildman–Crippen MR) is 83.7 cm³/mol. The number of hydrogen-bond donors (Lipinski definition) is 1. The highest BCUT2D eigenvalue weighted by molar-refractivity contribution is 7.71. The molecular formula is C16H18N2OS. The smallest absolute Gasteiger partial charge is 0.258 e. The normalized spacial score (nSPS) is 20.4. The number of aromatic nitrogens is 2. The lowest BCUT2D eigenvalue weighted by Crippen LogP contribution is -2.38. The number of hydrogen-bond acceptors (Lipinski definition) is 2. The van der Waals surface area contributed by atoms with E-state index in [1.165, 1.54) is 10.1 Å². The number of nitrogens with one attached hydrogen (secondary N) is 1. The predicted octanol–water partition coefficient (Wildman–Crippen LogP) is 3.33. The Morgan fingerprint density at radius 3 is 2.80 bits per heavy atom. The molecule has 4 heteroatoms.